The molecule has 0 aliphatic heterocycles. The number of rotatable bonds is 4. The van der Waals surface area contributed by atoms with Gasteiger partial charge in [0.05, 0.1) is 19.6 Å². The van der Waals surface area contributed by atoms with Crippen molar-refractivity contribution in [3.8, 4) is 5.75 Å². The van der Waals surface area contributed by atoms with Crippen LogP contribution in [0.25, 0.3) is 0 Å². The van der Waals surface area contributed by atoms with E-state index >= 15 is 0 Å². The molecule has 1 unspecified atom stereocenters. The van der Waals surface area contributed by atoms with Crippen molar-refractivity contribution >= 4 is 15.9 Å². The molecule has 18 heavy (non-hydrogen) atoms. The fraction of sp³-hybridized carbons (Fsp3) is 0.417. The third-order valence-electron chi connectivity index (χ3n) is 2.71. The Bertz CT molecular complexity index is 533. The van der Waals surface area contributed by atoms with E-state index < -0.39 is 6.10 Å². The number of furan rings is 1. The van der Waals surface area contributed by atoms with Gasteiger partial charge in [0.25, 0.3) is 0 Å². The summed E-state index contributed by atoms with van der Waals surface area (Å²) in [6, 6.07) is 1.84. The van der Waals surface area contributed by atoms with Gasteiger partial charge in [-0.25, -0.2) is 0 Å². The summed E-state index contributed by atoms with van der Waals surface area (Å²) in [5.41, 5.74) is 1.27. The Labute approximate surface area is 113 Å². The number of hydrogen-bond acceptors (Lipinski definition) is 4. The molecular formula is C12H15BrN2O3. The average Bonchev–Trinajstić information content (AvgIpc) is 2.93. The Kier molecular flexibility index (Phi) is 3.77. The average molecular weight is 315 g/mol. The molecule has 2 heterocycles. The van der Waals surface area contributed by atoms with Crippen LogP contribution in [0.15, 0.2) is 27.6 Å². The zero-order chi connectivity index (χ0) is 13.3. The van der Waals surface area contributed by atoms with E-state index in [9.17, 15) is 5.11 Å². The molecule has 0 saturated carbocycles. The summed E-state index contributed by atoms with van der Waals surface area (Å²) >= 11 is 3.26. The van der Waals surface area contributed by atoms with Gasteiger partial charge in [-0.3, -0.25) is 4.68 Å². The van der Waals surface area contributed by atoms with Crippen molar-refractivity contribution in [1.29, 1.82) is 0 Å². The summed E-state index contributed by atoms with van der Waals surface area (Å²) in [5.74, 6) is 0.560. The highest BCUT2D eigenvalue weighted by Crippen LogP contribution is 2.35. The number of aromatic nitrogens is 2. The molecule has 1 atom stereocenters. The summed E-state index contributed by atoms with van der Waals surface area (Å²) in [5, 5.41) is 14.7. The Morgan fingerprint density at radius 2 is 2.22 bits per heavy atom. The van der Waals surface area contributed by atoms with Crippen LogP contribution in [0.3, 0.4) is 0 Å². The molecule has 98 valence electrons. The van der Waals surface area contributed by atoms with E-state index in [2.05, 4.69) is 21.0 Å². The van der Waals surface area contributed by atoms with Gasteiger partial charge < -0.3 is 14.3 Å². The number of hydrogen-bond donors (Lipinski definition) is 1. The van der Waals surface area contributed by atoms with Crippen LogP contribution in [-0.2, 0) is 0 Å². The molecule has 2 aromatic rings. The number of ether oxygens (including phenoxy) is 1. The summed E-state index contributed by atoms with van der Waals surface area (Å²) in [4.78, 5) is 0. The van der Waals surface area contributed by atoms with Gasteiger partial charge in [0.1, 0.15) is 11.8 Å². The number of methoxy groups -OCH3 is 1. The molecule has 0 aliphatic carbocycles. The molecule has 2 rings (SSSR count). The Morgan fingerprint density at radius 3 is 2.72 bits per heavy atom. The van der Waals surface area contributed by atoms with Crippen LogP contribution in [0.1, 0.15) is 37.3 Å². The molecule has 5 nitrogen and oxygen atoms in total. The van der Waals surface area contributed by atoms with Gasteiger partial charge in [0, 0.05) is 11.6 Å². The summed E-state index contributed by atoms with van der Waals surface area (Å²) in [6.07, 6.45) is 2.27. The zero-order valence-corrected chi connectivity index (χ0v) is 12.0. The van der Waals surface area contributed by atoms with Gasteiger partial charge in [0.2, 0.25) is 0 Å². The Morgan fingerprint density at radius 1 is 1.50 bits per heavy atom. The predicted octanol–water partition coefficient (Wildman–Crippen LogP) is 2.91. The van der Waals surface area contributed by atoms with Crippen molar-refractivity contribution in [2.24, 2.45) is 0 Å². The summed E-state index contributed by atoms with van der Waals surface area (Å²) in [7, 11) is 1.56. The maximum Gasteiger partial charge on any atom is 0.175 e. The first-order chi connectivity index (χ1) is 8.56. The Balaban J connectivity index is 2.49. The van der Waals surface area contributed by atoms with Crippen molar-refractivity contribution in [2.75, 3.05) is 7.11 Å². The Hall–Kier alpha value is -1.27. The van der Waals surface area contributed by atoms with E-state index in [4.69, 9.17) is 9.15 Å². The molecule has 0 radical (unpaired) electrons. The largest absolute Gasteiger partial charge is 0.493 e. The molecule has 2 aromatic heterocycles. The second kappa shape index (κ2) is 5.16. The second-order valence-electron chi connectivity index (χ2n) is 4.19. The predicted molar refractivity (Wildman–Crippen MR) is 69.6 cm³/mol. The van der Waals surface area contributed by atoms with Crippen molar-refractivity contribution in [1.82, 2.24) is 9.78 Å². The van der Waals surface area contributed by atoms with Gasteiger partial charge in [-0.2, -0.15) is 5.10 Å². The molecule has 0 bridgehead atoms. The fourth-order valence-electron chi connectivity index (χ4n) is 1.83. The fourth-order valence-corrected chi connectivity index (χ4v) is 2.29. The van der Waals surface area contributed by atoms with Crippen molar-refractivity contribution in [3.63, 3.8) is 0 Å². The van der Waals surface area contributed by atoms with E-state index in [0.29, 0.717) is 21.7 Å². The molecule has 0 amide bonds. The van der Waals surface area contributed by atoms with Crippen LogP contribution in [-0.4, -0.2) is 22.0 Å². The van der Waals surface area contributed by atoms with Crippen LogP contribution < -0.4 is 4.74 Å². The van der Waals surface area contributed by atoms with E-state index in [1.807, 2.05) is 13.8 Å². The molecule has 6 heteroatoms. The monoisotopic (exact) mass is 314 g/mol. The minimum atomic E-state index is -0.849. The quantitative estimate of drug-likeness (QED) is 0.942. The van der Waals surface area contributed by atoms with Crippen molar-refractivity contribution in [2.45, 2.75) is 26.0 Å². The van der Waals surface area contributed by atoms with Gasteiger partial charge >= 0.3 is 0 Å². The molecule has 0 aliphatic rings. The third kappa shape index (κ3) is 2.18. The SMILES string of the molecule is COc1cnn(C(C)C)c1C(O)c1ccoc1Br. The molecular weight excluding hydrogens is 300 g/mol. The second-order valence-corrected chi connectivity index (χ2v) is 4.91. The van der Waals surface area contributed by atoms with Gasteiger partial charge in [-0.1, -0.05) is 0 Å². The molecule has 0 spiro atoms. The van der Waals surface area contributed by atoms with Crippen LogP contribution in [0.2, 0.25) is 0 Å². The van der Waals surface area contributed by atoms with E-state index in [1.165, 1.54) is 6.26 Å². The number of aliphatic hydroxyl groups excluding tert-OH is 1. The number of nitrogens with zero attached hydrogens (tertiary/aromatic N) is 2. The lowest BCUT2D eigenvalue weighted by atomic mass is 10.1. The number of halogens is 1. The normalized spacial score (nSPS) is 13.0. The summed E-state index contributed by atoms with van der Waals surface area (Å²) < 4.78 is 12.6. The highest BCUT2D eigenvalue weighted by atomic mass is 79.9. The first-order valence-electron chi connectivity index (χ1n) is 5.58. The highest BCUT2D eigenvalue weighted by Gasteiger charge is 2.25. The topological polar surface area (TPSA) is 60.4 Å². The first kappa shape index (κ1) is 13.2. The van der Waals surface area contributed by atoms with Crippen molar-refractivity contribution < 1.29 is 14.3 Å². The maximum absolute atomic E-state index is 10.5. The highest BCUT2D eigenvalue weighted by molar-refractivity contribution is 9.10. The number of aliphatic hydroxyl groups is 1. The van der Waals surface area contributed by atoms with Crippen LogP contribution in [0, 0.1) is 0 Å². The zero-order valence-electron chi connectivity index (χ0n) is 10.4. The van der Waals surface area contributed by atoms with Crippen LogP contribution >= 0.6 is 15.9 Å². The minimum absolute atomic E-state index is 0.129. The minimum Gasteiger partial charge on any atom is -0.493 e. The lowest BCUT2D eigenvalue weighted by molar-refractivity contribution is 0.197. The van der Waals surface area contributed by atoms with Gasteiger partial charge in [-0.15, -0.1) is 0 Å². The van der Waals surface area contributed by atoms with Gasteiger partial charge in [-0.05, 0) is 35.8 Å². The van der Waals surface area contributed by atoms with Crippen LogP contribution in [0.4, 0.5) is 0 Å². The van der Waals surface area contributed by atoms with E-state index in [1.54, 1.807) is 24.1 Å². The van der Waals surface area contributed by atoms with E-state index in [-0.39, 0.29) is 6.04 Å². The maximum atomic E-state index is 10.5. The van der Waals surface area contributed by atoms with Gasteiger partial charge in [0.15, 0.2) is 10.4 Å². The smallest absolute Gasteiger partial charge is 0.175 e. The summed E-state index contributed by atoms with van der Waals surface area (Å²) in [6.45, 7) is 3.99. The molecule has 0 saturated heterocycles. The van der Waals surface area contributed by atoms with Crippen molar-refractivity contribution in [3.05, 3.63) is 34.5 Å². The van der Waals surface area contributed by atoms with E-state index in [0.717, 1.165) is 0 Å². The standard InChI is InChI=1S/C12H15BrN2O3/c1-7(2)15-10(9(17-3)6-14-15)11(16)8-4-5-18-12(8)13/h4-7,11,16H,1-3H3. The molecule has 0 aromatic carbocycles. The van der Waals surface area contributed by atoms with Crippen LogP contribution in [0.5, 0.6) is 5.75 Å². The first-order valence-corrected chi connectivity index (χ1v) is 6.38. The molecule has 1 N–H and O–H groups in total. The molecule has 0 fully saturated rings. The third-order valence-corrected chi connectivity index (χ3v) is 3.35. The lowest BCUT2D eigenvalue weighted by Gasteiger charge is -2.16. The lowest BCUT2D eigenvalue weighted by Crippen LogP contribution is -2.13.